The van der Waals surface area contributed by atoms with Gasteiger partial charge in [-0.1, -0.05) is 54.9 Å². The molecule has 0 unspecified atom stereocenters. The summed E-state index contributed by atoms with van der Waals surface area (Å²) in [5, 5.41) is 8.69. The molecule has 8 heteroatoms. The number of aryl methyl sites for hydroxylation is 1. The number of halogens is 4. The lowest BCUT2D eigenvalue weighted by Crippen LogP contribution is -2.26. The second kappa shape index (κ2) is 11.8. The molecule has 0 atom stereocenters. The van der Waals surface area contributed by atoms with E-state index in [1.807, 2.05) is 24.3 Å². The van der Waals surface area contributed by atoms with Crippen molar-refractivity contribution < 1.29 is 17.9 Å². The first-order valence-corrected chi connectivity index (χ1v) is 12.3. The zero-order chi connectivity index (χ0) is 25.5. The predicted octanol–water partition coefficient (Wildman–Crippen LogP) is 7.15. The second-order valence-corrected chi connectivity index (χ2v) is 9.01. The van der Waals surface area contributed by atoms with Crippen molar-refractivity contribution >= 4 is 22.5 Å². The number of fused-ring (bicyclic) bond motifs is 1. The van der Waals surface area contributed by atoms with Crippen LogP contribution in [-0.4, -0.2) is 24.0 Å². The summed E-state index contributed by atoms with van der Waals surface area (Å²) < 4.78 is 43.8. The van der Waals surface area contributed by atoms with Crippen LogP contribution in [0.4, 0.5) is 13.2 Å². The molecule has 1 aromatic heterocycles. The number of nitrogens with zero attached hydrogens (tertiary/aromatic N) is 1. The van der Waals surface area contributed by atoms with E-state index in [1.54, 1.807) is 12.1 Å². The van der Waals surface area contributed by atoms with E-state index in [-0.39, 0.29) is 5.75 Å². The van der Waals surface area contributed by atoms with Crippen molar-refractivity contribution in [3.63, 3.8) is 0 Å². The Morgan fingerprint density at radius 1 is 0.917 bits per heavy atom. The van der Waals surface area contributed by atoms with Crippen LogP contribution in [0.25, 0.3) is 22.0 Å². The van der Waals surface area contributed by atoms with Crippen molar-refractivity contribution in [1.82, 2.24) is 15.2 Å². The Morgan fingerprint density at radius 3 is 2.33 bits per heavy atom. The smallest absolute Gasteiger partial charge is 0.406 e. The summed E-state index contributed by atoms with van der Waals surface area (Å²) in [6, 6.07) is 20.2. The SMILES string of the molecule is CCCn1cc(-c2ccc(OC(F)(F)F)cc2)c2cc(CNCCNCc3ccccc3Cl)ccc21. The molecule has 3 aromatic carbocycles. The van der Waals surface area contributed by atoms with Gasteiger partial charge in [0.25, 0.3) is 0 Å². The fraction of sp³-hybridized carbons (Fsp3) is 0.286. The standard InChI is InChI=1S/C28H29ClF3N3O/c1-2-15-35-19-25(21-8-10-23(11-9-21)36-28(30,31)32)24-16-20(7-12-27(24)35)17-33-13-14-34-18-22-5-3-4-6-26(22)29/h3-12,16,19,33-34H,2,13-15,17-18H2,1H3. The van der Waals surface area contributed by atoms with E-state index in [9.17, 15) is 13.2 Å². The summed E-state index contributed by atoms with van der Waals surface area (Å²) in [5.41, 5.74) is 5.15. The van der Waals surface area contributed by atoms with E-state index >= 15 is 0 Å². The molecule has 0 aliphatic heterocycles. The molecule has 0 spiro atoms. The Labute approximate surface area is 214 Å². The van der Waals surface area contributed by atoms with Crippen molar-refractivity contribution in [3.05, 3.63) is 89.1 Å². The van der Waals surface area contributed by atoms with Gasteiger partial charge < -0.3 is 19.9 Å². The molecule has 1 heterocycles. The highest BCUT2D eigenvalue weighted by atomic mass is 35.5. The summed E-state index contributed by atoms with van der Waals surface area (Å²) in [5.74, 6) is -0.225. The van der Waals surface area contributed by atoms with Gasteiger partial charge in [0.2, 0.25) is 0 Å². The Hall–Kier alpha value is -3.00. The van der Waals surface area contributed by atoms with Crippen molar-refractivity contribution in [1.29, 1.82) is 0 Å². The van der Waals surface area contributed by atoms with Crippen LogP contribution >= 0.6 is 11.6 Å². The van der Waals surface area contributed by atoms with Gasteiger partial charge in [0.15, 0.2) is 0 Å². The number of ether oxygens (including phenoxy) is 1. The highest BCUT2D eigenvalue weighted by Crippen LogP contribution is 2.33. The minimum atomic E-state index is -4.70. The van der Waals surface area contributed by atoms with E-state index < -0.39 is 6.36 Å². The molecule has 4 aromatic rings. The van der Waals surface area contributed by atoms with E-state index in [0.29, 0.717) is 13.1 Å². The van der Waals surface area contributed by atoms with Crippen LogP contribution in [-0.2, 0) is 19.6 Å². The number of benzene rings is 3. The monoisotopic (exact) mass is 515 g/mol. The summed E-state index contributed by atoms with van der Waals surface area (Å²) in [6.07, 6.45) is -1.65. The van der Waals surface area contributed by atoms with Gasteiger partial charge in [0, 0.05) is 60.4 Å². The molecule has 0 saturated heterocycles. The van der Waals surface area contributed by atoms with Gasteiger partial charge in [-0.2, -0.15) is 0 Å². The zero-order valence-corrected chi connectivity index (χ0v) is 20.8. The Bertz CT molecular complexity index is 1290. The average molecular weight is 516 g/mol. The molecule has 0 amide bonds. The zero-order valence-electron chi connectivity index (χ0n) is 20.0. The normalized spacial score (nSPS) is 11.8. The quantitative estimate of drug-likeness (QED) is 0.208. The molecule has 0 bridgehead atoms. The molecule has 0 radical (unpaired) electrons. The number of aromatic nitrogens is 1. The third-order valence-corrected chi connectivity index (χ3v) is 6.26. The van der Waals surface area contributed by atoms with Crippen LogP contribution in [0.1, 0.15) is 24.5 Å². The van der Waals surface area contributed by atoms with Gasteiger partial charge in [0.1, 0.15) is 5.75 Å². The lowest BCUT2D eigenvalue weighted by molar-refractivity contribution is -0.274. The third-order valence-electron chi connectivity index (χ3n) is 5.89. The van der Waals surface area contributed by atoms with E-state index in [4.69, 9.17) is 11.6 Å². The van der Waals surface area contributed by atoms with Crippen LogP contribution in [0.3, 0.4) is 0 Å². The van der Waals surface area contributed by atoms with Crippen molar-refractivity contribution in [3.8, 4) is 16.9 Å². The lowest BCUT2D eigenvalue weighted by Gasteiger charge is -2.10. The molecule has 4 rings (SSSR count). The maximum absolute atomic E-state index is 12.5. The maximum Gasteiger partial charge on any atom is 0.573 e. The summed E-state index contributed by atoms with van der Waals surface area (Å²) in [4.78, 5) is 0. The molecule has 0 saturated carbocycles. The fourth-order valence-corrected chi connectivity index (χ4v) is 4.42. The molecular weight excluding hydrogens is 487 g/mol. The fourth-order valence-electron chi connectivity index (χ4n) is 4.22. The van der Waals surface area contributed by atoms with Crippen molar-refractivity contribution in [2.45, 2.75) is 39.3 Å². The molecule has 0 aliphatic carbocycles. The second-order valence-electron chi connectivity index (χ2n) is 8.60. The summed E-state index contributed by atoms with van der Waals surface area (Å²) in [7, 11) is 0. The van der Waals surface area contributed by atoms with Gasteiger partial charge in [-0.05, 0) is 53.4 Å². The number of hydrogen-bond acceptors (Lipinski definition) is 3. The maximum atomic E-state index is 12.5. The first kappa shape index (κ1) is 26.1. The Morgan fingerprint density at radius 2 is 1.64 bits per heavy atom. The molecule has 36 heavy (non-hydrogen) atoms. The van der Waals surface area contributed by atoms with Crippen LogP contribution in [0.2, 0.25) is 5.02 Å². The molecule has 0 fully saturated rings. The van der Waals surface area contributed by atoms with E-state index in [2.05, 4.69) is 51.3 Å². The topological polar surface area (TPSA) is 38.2 Å². The van der Waals surface area contributed by atoms with Crippen molar-refractivity contribution in [2.24, 2.45) is 0 Å². The highest BCUT2D eigenvalue weighted by Gasteiger charge is 2.31. The first-order chi connectivity index (χ1) is 17.3. The van der Waals surface area contributed by atoms with Crippen LogP contribution in [0.5, 0.6) is 5.75 Å². The Kier molecular flexibility index (Phi) is 8.56. The summed E-state index contributed by atoms with van der Waals surface area (Å²) in [6.45, 7) is 6.01. The van der Waals surface area contributed by atoms with Crippen LogP contribution in [0, 0.1) is 0 Å². The highest BCUT2D eigenvalue weighted by molar-refractivity contribution is 6.31. The molecule has 4 nitrogen and oxygen atoms in total. The van der Waals surface area contributed by atoms with Gasteiger partial charge in [0.05, 0.1) is 0 Å². The average Bonchev–Trinajstić information content (AvgIpc) is 3.20. The Balaban J connectivity index is 1.42. The lowest BCUT2D eigenvalue weighted by atomic mass is 10.0. The van der Waals surface area contributed by atoms with Crippen LogP contribution < -0.4 is 15.4 Å². The molecule has 190 valence electrons. The van der Waals surface area contributed by atoms with Crippen molar-refractivity contribution in [2.75, 3.05) is 13.1 Å². The first-order valence-electron chi connectivity index (χ1n) is 12.0. The molecule has 0 aliphatic rings. The minimum Gasteiger partial charge on any atom is -0.406 e. The summed E-state index contributed by atoms with van der Waals surface area (Å²) >= 11 is 6.19. The molecular formula is C28H29ClF3N3O. The third kappa shape index (κ3) is 6.81. The van der Waals surface area contributed by atoms with Gasteiger partial charge in [-0.15, -0.1) is 13.2 Å². The predicted molar refractivity (Wildman–Crippen MR) is 139 cm³/mol. The molecule has 2 N–H and O–H groups in total. The van der Waals surface area contributed by atoms with Gasteiger partial charge in [-0.25, -0.2) is 0 Å². The minimum absolute atomic E-state index is 0.225. The number of nitrogens with one attached hydrogen (secondary N) is 2. The van der Waals surface area contributed by atoms with E-state index in [1.165, 1.54) is 12.1 Å². The number of hydrogen-bond donors (Lipinski definition) is 2. The number of rotatable bonds is 11. The van der Waals surface area contributed by atoms with Gasteiger partial charge in [-0.3, -0.25) is 0 Å². The van der Waals surface area contributed by atoms with Gasteiger partial charge >= 0.3 is 6.36 Å². The van der Waals surface area contributed by atoms with Crippen LogP contribution in [0.15, 0.2) is 72.9 Å². The number of alkyl halides is 3. The largest absolute Gasteiger partial charge is 0.573 e. The van der Waals surface area contributed by atoms with E-state index in [0.717, 1.165) is 64.2 Å².